The van der Waals surface area contributed by atoms with Crippen molar-refractivity contribution in [3.05, 3.63) is 63.6 Å². The summed E-state index contributed by atoms with van der Waals surface area (Å²) >= 11 is 11.9. The van der Waals surface area contributed by atoms with E-state index in [1.807, 2.05) is 0 Å². The van der Waals surface area contributed by atoms with Crippen LogP contribution in [0.25, 0.3) is 0 Å². The van der Waals surface area contributed by atoms with Gasteiger partial charge in [0.05, 0.1) is 29.3 Å². The second kappa shape index (κ2) is 7.99. The van der Waals surface area contributed by atoms with Gasteiger partial charge in [0.15, 0.2) is 0 Å². The molecule has 1 amide bonds. The Hall–Kier alpha value is -2.04. The Balaban J connectivity index is 2.03. The van der Waals surface area contributed by atoms with E-state index in [2.05, 4.69) is 5.32 Å². The minimum Gasteiger partial charge on any atom is -0.462 e. The van der Waals surface area contributed by atoms with E-state index >= 15 is 0 Å². The highest BCUT2D eigenvalue weighted by molar-refractivity contribution is 6.34. The Bertz CT molecular complexity index is 714. The monoisotopic (exact) mass is 351 g/mol. The lowest BCUT2D eigenvalue weighted by atomic mass is 10.1. The zero-order valence-corrected chi connectivity index (χ0v) is 13.9. The number of hydrogen-bond acceptors (Lipinski definition) is 3. The Morgan fingerprint density at radius 3 is 2.39 bits per heavy atom. The van der Waals surface area contributed by atoms with Crippen LogP contribution < -0.4 is 5.32 Å². The van der Waals surface area contributed by atoms with Gasteiger partial charge in [-0.15, -0.1) is 0 Å². The first-order chi connectivity index (χ1) is 11.0. The topological polar surface area (TPSA) is 55.4 Å². The molecule has 120 valence electrons. The molecule has 0 aliphatic heterocycles. The number of esters is 1. The largest absolute Gasteiger partial charge is 0.462 e. The Morgan fingerprint density at radius 1 is 1.09 bits per heavy atom. The van der Waals surface area contributed by atoms with Crippen molar-refractivity contribution in [3.8, 4) is 0 Å². The van der Waals surface area contributed by atoms with Crippen molar-refractivity contribution in [2.24, 2.45) is 0 Å². The van der Waals surface area contributed by atoms with Gasteiger partial charge in [-0.05, 0) is 42.8 Å². The average molecular weight is 352 g/mol. The second-order valence-electron chi connectivity index (χ2n) is 4.77. The van der Waals surface area contributed by atoms with Crippen LogP contribution in [-0.4, -0.2) is 18.5 Å². The summed E-state index contributed by atoms with van der Waals surface area (Å²) in [6.45, 7) is 2.01. The van der Waals surface area contributed by atoms with E-state index in [-0.39, 0.29) is 24.0 Å². The lowest BCUT2D eigenvalue weighted by Crippen LogP contribution is -2.15. The first kappa shape index (κ1) is 17.3. The van der Waals surface area contributed by atoms with Crippen molar-refractivity contribution in [1.29, 1.82) is 0 Å². The summed E-state index contributed by atoms with van der Waals surface area (Å²) in [5.41, 5.74) is 1.62. The molecule has 0 heterocycles. The molecule has 2 aromatic carbocycles. The number of hydrogen-bond donors (Lipinski definition) is 1. The van der Waals surface area contributed by atoms with Crippen LogP contribution in [0.15, 0.2) is 42.5 Å². The normalized spacial score (nSPS) is 10.2. The van der Waals surface area contributed by atoms with E-state index in [0.717, 1.165) is 5.56 Å². The van der Waals surface area contributed by atoms with E-state index in [1.165, 1.54) is 6.07 Å². The van der Waals surface area contributed by atoms with Gasteiger partial charge in [-0.1, -0.05) is 35.3 Å². The molecule has 6 heteroatoms. The van der Waals surface area contributed by atoms with Gasteiger partial charge in [0, 0.05) is 5.02 Å². The van der Waals surface area contributed by atoms with Crippen molar-refractivity contribution >= 4 is 40.8 Å². The number of carbonyl (C=O) groups is 2. The van der Waals surface area contributed by atoms with Crippen LogP contribution in [-0.2, 0) is 16.0 Å². The molecule has 4 nitrogen and oxygen atoms in total. The van der Waals surface area contributed by atoms with Gasteiger partial charge in [0.1, 0.15) is 0 Å². The molecule has 0 aromatic heterocycles. The molecule has 0 saturated carbocycles. The van der Waals surface area contributed by atoms with E-state index in [4.69, 9.17) is 27.9 Å². The highest BCUT2D eigenvalue weighted by Gasteiger charge is 2.11. The van der Waals surface area contributed by atoms with E-state index < -0.39 is 5.97 Å². The van der Waals surface area contributed by atoms with Gasteiger partial charge in [-0.25, -0.2) is 4.79 Å². The summed E-state index contributed by atoms with van der Waals surface area (Å²) in [5, 5.41) is 3.61. The molecule has 0 saturated heterocycles. The van der Waals surface area contributed by atoms with Gasteiger partial charge in [0.2, 0.25) is 5.91 Å². The Morgan fingerprint density at radius 2 is 1.78 bits per heavy atom. The maximum atomic E-state index is 12.0. The summed E-state index contributed by atoms with van der Waals surface area (Å²) in [5.74, 6) is -0.661. The van der Waals surface area contributed by atoms with Gasteiger partial charge >= 0.3 is 5.97 Å². The lowest BCUT2D eigenvalue weighted by Gasteiger charge is -2.09. The number of rotatable bonds is 5. The van der Waals surface area contributed by atoms with E-state index in [0.29, 0.717) is 16.3 Å². The molecule has 0 fully saturated rings. The van der Waals surface area contributed by atoms with Gasteiger partial charge in [0.25, 0.3) is 0 Å². The Kier molecular flexibility index (Phi) is 6.02. The van der Waals surface area contributed by atoms with Crippen LogP contribution >= 0.6 is 23.2 Å². The number of anilines is 1. The molecule has 0 aliphatic carbocycles. The molecule has 0 radical (unpaired) electrons. The molecular weight excluding hydrogens is 337 g/mol. The third kappa shape index (κ3) is 4.98. The zero-order valence-electron chi connectivity index (χ0n) is 12.4. The first-order valence-corrected chi connectivity index (χ1v) is 7.76. The molecule has 0 atom stereocenters. The second-order valence-corrected chi connectivity index (χ2v) is 5.61. The summed E-state index contributed by atoms with van der Waals surface area (Å²) in [4.78, 5) is 23.7. The summed E-state index contributed by atoms with van der Waals surface area (Å²) in [6, 6.07) is 11.6. The minimum absolute atomic E-state index is 0.202. The highest BCUT2D eigenvalue weighted by atomic mass is 35.5. The van der Waals surface area contributed by atoms with Crippen LogP contribution in [0.4, 0.5) is 5.69 Å². The number of carbonyl (C=O) groups excluding carboxylic acids is 2. The number of amides is 1. The quantitative estimate of drug-likeness (QED) is 0.814. The molecule has 23 heavy (non-hydrogen) atoms. The summed E-state index contributed by atoms with van der Waals surface area (Å²) < 4.78 is 4.90. The summed E-state index contributed by atoms with van der Waals surface area (Å²) in [6.07, 6.45) is 0.202. The highest BCUT2D eigenvalue weighted by Crippen LogP contribution is 2.24. The zero-order chi connectivity index (χ0) is 16.8. The van der Waals surface area contributed by atoms with Crippen LogP contribution in [0.1, 0.15) is 22.8 Å². The lowest BCUT2D eigenvalue weighted by molar-refractivity contribution is -0.115. The SMILES string of the molecule is CCOC(=O)c1ccc(NC(=O)Cc2ccc(Cl)cc2)c(Cl)c1. The maximum absolute atomic E-state index is 12.0. The smallest absolute Gasteiger partial charge is 0.338 e. The van der Waals surface area contributed by atoms with Crippen molar-refractivity contribution in [2.45, 2.75) is 13.3 Å². The van der Waals surface area contributed by atoms with Gasteiger partial charge in [-0.3, -0.25) is 4.79 Å². The predicted octanol–water partition coefficient (Wildman–Crippen LogP) is 4.35. The third-order valence-electron chi connectivity index (χ3n) is 3.03. The molecule has 2 aromatic rings. The number of halogens is 2. The van der Waals surface area contributed by atoms with Crippen molar-refractivity contribution in [1.82, 2.24) is 0 Å². The number of benzene rings is 2. The van der Waals surface area contributed by atoms with Crippen LogP contribution in [0.3, 0.4) is 0 Å². The van der Waals surface area contributed by atoms with Gasteiger partial charge in [-0.2, -0.15) is 0 Å². The molecule has 1 N–H and O–H groups in total. The fourth-order valence-corrected chi connectivity index (χ4v) is 2.29. The minimum atomic E-state index is -0.451. The first-order valence-electron chi connectivity index (χ1n) is 7.00. The number of nitrogens with one attached hydrogen (secondary N) is 1. The summed E-state index contributed by atoms with van der Waals surface area (Å²) in [7, 11) is 0. The van der Waals surface area contributed by atoms with Crippen LogP contribution in [0.2, 0.25) is 10.0 Å². The predicted molar refractivity (Wildman–Crippen MR) is 91.2 cm³/mol. The van der Waals surface area contributed by atoms with Gasteiger partial charge < -0.3 is 10.1 Å². The molecule has 2 rings (SSSR count). The molecule has 0 aliphatic rings. The maximum Gasteiger partial charge on any atom is 0.338 e. The van der Waals surface area contributed by atoms with Crippen molar-refractivity contribution in [2.75, 3.05) is 11.9 Å². The average Bonchev–Trinajstić information content (AvgIpc) is 2.52. The van der Waals surface area contributed by atoms with E-state index in [1.54, 1.807) is 43.3 Å². The van der Waals surface area contributed by atoms with Crippen LogP contribution in [0, 0.1) is 0 Å². The molecule has 0 bridgehead atoms. The number of ether oxygens (including phenoxy) is 1. The fraction of sp³-hybridized carbons (Fsp3) is 0.176. The van der Waals surface area contributed by atoms with Crippen molar-refractivity contribution in [3.63, 3.8) is 0 Å². The fourth-order valence-electron chi connectivity index (χ4n) is 1.94. The molecular formula is C17H15Cl2NO3. The molecule has 0 unspecified atom stereocenters. The molecule has 0 spiro atoms. The standard InChI is InChI=1S/C17H15Cl2NO3/c1-2-23-17(22)12-5-8-15(14(19)10-12)20-16(21)9-11-3-6-13(18)7-4-11/h3-8,10H,2,9H2,1H3,(H,20,21). The van der Waals surface area contributed by atoms with E-state index in [9.17, 15) is 9.59 Å². The van der Waals surface area contributed by atoms with Crippen molar-refractivity contribution < 1.29 is 14.3 Å². The third-order valence-corrected chi connectivity index (χ3v) is 3.60. The van der Waals surface area contributed by atoms with Crippen LogP contribution in [0.5, 0.6) is 0 Å². The Labute approximate surface area is 144 Å².